The molecule has 0 spiro atoms. The third kappa shape index (κ3) is 2.92. The molecule has 2 nitrogen and oxygen atoms in total. The van der Waals surface area contributed by atoms with Gasteiger partial charge in [0.2, 0.25) is 0 Å². The Morgan fingerprint density at radius 3 is 2.73 bits per heavy atom. The fourth-order valence-electron chi connectivity index (χ4n) is 0.561. The molecule has 0 aromatic carbocycles. The van der Waals surface area contributed by atoms with E-state index >= 15 is 0 Å². The molecule has 1 aromatic heterocycles. The highest BCUT2D eigenvalue weighted by Gasteiger charge is 2.05. The number of hydrogen-bond donors (Lipinski definition) is 1. The molecular formula is C9H10O2. The number of rotatable bonds is 0. The van der Waals surface area contributed by atoms with Gasteiger partial charge in [-0.05, 0) is 19.9 Å². The van der Waals surface area contributed by atoms with Crippen LogP contribution in [0.25, 0.3) is 0 Å². The van der Waals surface area contributed by atoms with Crippen LogP contribution in [0.3, 0.4) is 0 Å². The topological polar surface area (TPSA) is 33.4 Å². The first-order chi connectivity index (χ1) is 5.08. The van der Waals surface area contributed by atoms with Gasteiger partial charge in [-0.1, -0.05) is 11.8 Å². The maximum Gasteiger partial charge on any atom is 0.120 e. The Balaban J connectivity index is 2.74. The van der Waals surface area contributed by atoms with Crippen molar-refractivity contribution in [2.45, 2.75) is 19.4 Å². The van der Waals surface area contributed by atoms with E-state index in [0.29, 0.717) is 0 Å². The van der Waals surface area contributed by atoms with Gasteiger partial charge in [-0.25, -0.2) is 0 Å². The molecule has 0 radical (unpaired) electrons. The molecule has 0 atom stereocenters. The zero-order valence-corrected chi connectivity index (χ0v) is 6.59. The summed E-state index contributed by atoms with van der Waals surface area (Å²) in [4.78, 5) is 0. The van der Waals surface area contributed by atoms with Crippen LogP contribution in [0.1, 0.15) is 19.4 Å². The summed E-state index contributed by atoms with van der Waals surface area (Å²) >= 11 is 0. The van der Waals surface area contributed by atoms with Gasteiger partial charge in [-0.15, -0.1) is 0 Å². The van der Waals surface area contributed by atoms with Gasteiger partial charge < -0.3 is 9.52 Å². The van der Waals surface area contributed by atoms with Crippen LogP contribution in [0, 0.1) is 11.8 Å². The zero-order valence-electron chi connectivity index (χ0n) is 6.59. The van der Waals surface area contributed by atoms with Crippen LogP contribution in [-0.4, -0.2) is 10.7 Å². The van der Waals surface area contributed by atoms with Gasteiger partial charge >= 0.3 is 0 Å². The molecule has 0 saturated heterocycles. The average Bonchev–Trinajstić information content (AvgIpc) is 2.32. The normalized spacial score (nSPS) is 10.5. The number of furan rings is 1. The first kappa shape index (κ1) is 7.90. The molecule has 1 heterocycles. The number of hydrogen-bond acceptors (Lipinski definition) is 2. The molecule has 0 unspecified atom stereocenters. The van der Waals surface area contributed by atoms with Crippen LogP contribution in [0.15, 0.2) is 23.0 Å². The molecule has 0 aliphatic rings. The standard InChI is InChI=1S/C9H10O2/c1-9(2,10)5-3-8-4-6-11-7-8/h4,6-7,10H,1-2H3. The molecule has 0 aliphatic carbocycles. The van der Waals surface area contributed by atoms with Crippen molar-refractivity contribution in [3.8, 4) is 11.8 Å². The molecule has 0 saturated carbocycles. The first-order valence-electron chi connectivity index (χ1n) is 3.36. The summed E-state index contributed by atoms with van der Waals surface area (Å²) in [5.41, 5.74) is -0.149. The van der Waals surface area contributed by atoms with Crippen LogP contribution in [0.4, 0.5) is 0 Å². The van der Waals surface area contributed by atoms with Gasteiger partial charge in [0.15, 0.2) is 0 Å². The van der Waals surface area contributed by atoms with Crippen molar-refractivity contribution in [1.82, 2.24) is 0 Å². The SMILES string of the molecule is CC(C)(O)C#Cc1ccoc1. The van der Waals surface area contributed by atoms with E-state index < -0.39 is 5.60 Å². The van der Waals surface area contributed by atoms with E-state index in [4.69, 9.17) is 4.42 Å². The maximum absolute atomic E-state index is 9.21. The fraction of sp³-hybridized carbons (Fsp3) is 0.333. The maximum atomic E-state index is 9.21. The van der Waals surface area contributed by atoms with Crippen LogP contribution in [0.5, 0.6) is 0 Å². The smallest absolute Gasteiger partial charge is 0.120 e. The summed E-state index contributed by atoms with van der Waals surface area (Å²) in [5.74, 6) is 5.44. The minimum absolute atomic E-state index is 0.784. The molecule has 1 aromatic rings. The van der Waals surface area contributed by atoms with E-state index in [1.807, 2.05) is 0 Å². The molecule has 1 rings (SSSR count). The van der Waals surface area contributed by atoms with E-state index in [1.165, 1.54) is 0 Å². The van der Waals surface area contributed by atoms with Crippen molar-refractivity contribution in [3.63, 3.8) is 0 Å². The number of aliphatic hydroxyl groups is 1. The third-order valence-corrected chi connectivity index (χ3v) is 1.03. The summed E-state index contributed by atoms with van der Waals surface area (Å²) in [5, 5.41) is 9.21. The van der Waals surface area contributed by atoms with Crippen molar-refractivity contribution < 1.29 is 9.52 Å². The Morgan fingerprint density at radius 2 is 2.27 bits per heavy atom. The molecule has 0 bridgehead atoms. The van der Waals surface area contributed by atoms with Gasteiger partial charge in [-0.2, -0.15) is 0 Å². The Kier molecular flexibility index (Phi) is 2.02. The van der Waals surface area contributed by atoms with E-state index in [-0.39, 0.29) is 0 Å². The first-order valence-corrected chi connectivity index (χ1v) is 3.36. The molecule has 58 valence electrons. The van der Waals surface area contributed by atoms with E-state index in [2.05, 4.69) is 11.8 Å². The summed E-state index contributed by atoms with van der Waals surface area (Å²) in [6.07, 6.45) is 3.09. The van der Waals surface area contributed by atoms with Crippen LogP contribution < -0.4 is 0 Å². The van der Waals surface area contributed by atoms with Gasteiger partial charge in [0.25, 0.3) is 0 Å². The molecular weight excluding hydrogens is 140 g/mol. The van der Waals surface area contributed by atoms with Crippen LogP contribution in [-0.2, 0) is 0 Å². The lowest BCUT2D eigenvalue weighted by Crippen LogP contribution is -2.14. The summed E-state index contributed by atoms with van der Waals surface area (Å²) in [7, 11) is 0. The lowest BCUT2D eigenvalue weighted by atomic mass is 10.1. The minimum Gasteiger partial charge on any atom is -0.471 e. The zero-order chi connectivity index (χ0) is 8.32. The second-order valence-electron chi connectivity index (χ2n) is 2.82. The summed E-state index contributed by atoms with van der Waals surface area (Å²) in [6, 6.07) is 1.75. The van der Waals surface area contributed by atoms with Crippen molar-refractivity contribution >= 4 is 0 Å². The van der Waals surface area contributed by atoms with Crippen LogP contribution in [0.2, 0.25) is 0 Å². The Labute approximate surface area is 65.8 Å². The third-order valence-electron chi connectivity index (χ3n) is 1.03. The van der Waals surface area contributed by atoms with E-state index in [0.717, 1.165) is 5.56 Å². The second-order valence-corrected chi connectivity index (χ2v) is 2.82. The Morgan fingerprint density at radius 1 is 1.55 bits per heavy atom. The highest BCUT2D eigenvalue weighted by Crippen LogP contribution is 2.00. The molecule has 0 fully saturated rings. The molecule has 0 aliphatic heterocycles. The minimum atomic E-state index is -0.933. The second kappa shape index (κ2) is 2.81. The van der Waals surface area contributed by atoms with Crippen molar-refractivity contribution in [3.05, 3.63) is 24.2 Å². The largest absolute Gasteiger partial charge is 0.471 e. The fourth-order valence-corrected chi connectivity index (χ4v) is 0.561. The van der Waals surface area contributed by atoms with Gasteiger partial charge in [0, 0.05) is 0 Å². The monoisotopic (exact) mass is 150 g/mol. The van der Waals surface area contributed by atoms with Crippen molar-refractivity contribution in [2.24, 2.45) is 0 Å². The Hall–Kier alpha value is -1.20. The summed E-state index contributed by atoms with van der Waals surface area (Å²) in [6.45, 7) is 3.28. The van der Waals surface area contributed by atoms with Gasteiger partial charge in [0.1, 0.15) is 11.9 Å². The van der Waals surface area contributed by atoms with Crippen molar-refractivity contribution in [1.29, 1.82) is 0 Å². The average molecular weight is 150 g/mol. The molecule has 11 heavy (non-hydrogen) atoms. The predicted molar refractivity (Wildman–Crippen MR) is 41.9 cm³/mol. The van der Waals surface area contributed by atoms with Crippen LogP contribution >= 0.6 is 0 Å². The molecule has 2 heteroatoms. The quantitative estimate of drug-likeness (QED) is 0.567. The molecule has 1 N–H and O–H groups in total. The lowest BCUT2D eigenvalue weighted by molar-refractivity contribution is 0.143. The van der Waals surface area contributed by atoms with E-state index in [9.17, 15) is 5.11 Å². The van der Waals surface area contributed by atoms with Gasteiger partial charge in [-0.3, -0.25) is 0 Å². The summed E-state index contributed by atoms with van der Waals surface area (Å²) < 4.78 is 4.80. The lowest BCUT2D eigenvalue weighted by Gasteiger charge is -2.05. The Bertz CT molecular complexity index is 267. The van der Waals surface area contributed by atoms with Gasteiger partial charge in [0.05, 0.1) is 11.8 Å². The predicted octanol–water partition coefficient (Wildman–Crippen LogP) is 1.40. The highest BCUT2D eigenvalue weighted by atomic mass is 16.3. The highest BCUT2D eigenvalue weighted by molar-refractivity contribution is 5.32. The molecule has 0 amide bonds. The van der Waals surface area contributed by atoms with E-state index in [1.54, 1.807) is 32.4 Å². The van der Waals surface area contributed by atoms with Crippen molar-refractivity contribution in [2.75, 3.05) is 0 Å².